The van der Waals surface area contributed by atoms with Crippen LogP contribution in [-0.2, 0) is 9.47 Å². The Kier molecular flexibility index (Phi) is 10.7. The Bertz CT molecular complexity index is 662. The van der Waals surface area contributed by atoms with Gasteiger partial charge in [-0.2, -0.15) is 0 Å². The summed E-state index contributed by atoms with van der Waals surface area (Å²) < 4.78 is 10.3. The molecule has 160 valence electrons. The van der Waals surface area contributed by atoms with Gasteiger partial charge in [0.15, 0.2) is 5.96 Å². The molecule has 0 spiro atoms. The number of carbonyl (C=O) groups is 1. The average Bonchev–Trinajstić information content (AvgIpc) is 3.31. The first-order valence-corrected chi connectivity index (χ1v) is 10.4. The molecular formula is C19H33IN4O3S. The lowest BCUT2D eigenvalue weighted by molar-refractivity contribution is 0.0531. The number of hydrogen-bond donors (Lipinski definition) is 2. The lowest BCUT2D eigenvalue weighted by atomic mass is 10.0. The number of methoxy groups -OCH3 is 1. The van der Waals surface area contributed by atoms with Crippen LogP contribution < -0.4 is 10.6 Å². The SMILES string of the molecule is CCNC(=NCC1(CCOC)CC1)NC(C)c1nc(C)c(C(=O)OCC)s1.I. The van der Waals surface area contributed by atoms with Crippen molar-refractivity contribution < 1.29 is 14.3 Å². The molecule has 1 heterocycles. The third kappa shape index (κ3) is 7.14. The minimum absolute atomic E-state index is 0. The van der Waals surface area contributed by atoms with Crippen LogP contribution in [-0.4, -0.2) is 50.3 Å². The smallest absolute Gasteiger partial charge is 0.350 e. The maximum Gasteiger partial charge on any atom is 0.350 e. The molecule has 0 aromatic carbocycles. The first-order valence-electron chi connectivity index (χ1n) is 9.63. The van der Waals surface area contributed by atoms with Crippen LogP contribution in [0.1, 0.15) is 66.4 Å². The van der Waals surface area contributed by atoms with Gasteiger partial charge in [0.05, 0.1) is 18.3 Å². The van der Waals surface area contributed by atoms with E-state index in [1.165, 1.54) is 24.2 Å². The first kappa shape index (κ1) is 25.1. The molecule has 1 aliphatic rings. The zero-order chi connectivity index (χ0) is 19.9. The van der Waals surface area contributed by atoms with Crippen LogP contribution in [0.15, 0.2) is 4.99 Å². The minimum atomic E-state index is -0.305. The number of aromatic nitrogens is 1. The van der Waals surface area contributed by atoms with Crippen LogP contribution in [0.5, 0.6) is 0 Å². The van der Waals surface area contributed by atoms with Crippen LogP contribution in [0.25, 0.3) is 0 Å². The zero-order valence-corrected chi connectivity index (χ0v) is 20.6. The second kappa shape index (κ2) is 11.9. The fraction of sp³-hybridized carbons (Fsp3) is 0.737. The number of halogens is 1. The number of thiazole rings is 1. The summed E-state index contributed by atoms with van der Waals surface area (Å²) in [6.45, 7) is 10.4. The standard InChI is InChI=1S/C19H32N4O3S.HI/c1-6-20-18(21-12-19(8-9-19)10-11-25-5)23-14(4)16-22-13(3)15(27-16)17(24)26-7-2;/h14H,6-12H2,1-5H3,(H2,20,21,23);1H. The number of aliphatic imine (C=N–C) groups is 1. The number of esters is 1. The van der Waals surface area contributed by atoms with E-state index in [2.05, 4.69) is 15.6 Å². The van der Waals surface area contributed by atoms with Crippen LogP contribution in [0.4, 0.5) is 0 Å². The fourth-order valence-electron chi connectivity index (χ4n) is 2.80. The van der Waals surface area contributed by atoms with Gasteiger partial charge < -0.3 is 20.1 Å². The highest BCUT2D eigenvalue weighted by Gasteiger charge is 2.41. The van der Waals surface area contributed by atoms with Gasteiger partial charge in [-0.1, -0.05) is 0 Å². The third-order valence-corrected chi connectivity index (χ3v) is 6.03. The van der Waals surface area contributed by atoms with Crippen molar-refractivity contribution in [2.75, 3.05) is 33.4 Å². The van der Waals surface area contributed by atoms with Gasteiger partial charge in [-0.05, 0) is 52.4 Å². The van der Waals surface area contributed by atoms with Crippen LogP contribution >= 0.6 is 35.3 Å². The molecule has 28 heavy (non-hydrogen) atoms. The van der Waals surface area contributed by atoms with Crippen molar-refractivity contribution >= 4 is 47.2 Å². The molecule has 1 fully saturated rings. The molecule has 0 bridgehead atoms. The average molecular weight is 524 g/mol. The van der Waals surface area contributed by atoms with E-state index < -0.39 is 0 Å². The Morgan fingerprint density at radius 2 is 2.11 bits per heavy atom. The number of ether oxygens (including phenoxy) is 2. The number of rotatable bonds is 10. The van der Waals surface area contributed by atoms with Crippen molar-refractivity contribution in [2.24, 2.45) is 10.4 Å². The third-order valence-electron chi connectivity index (χ3n) is 4.71. The summed E-state index contributed by atoms with van der Waals surface area (Å²) in [5, 5.41) is 7.55. The van der Waals surface area contributed by atoms with E-state index in [0.717, 1.165) is 37.1 Å². The molecule has 7 nitrogen and oxygen atoms in total. The molecule has 1 atom stereocenters. The number of hydrogen-bond acceptors (Lipinski definition) is 6. The number of nitrogens with one attached hydrogen (secondary N) is 2. The van der Waals surface area contributed by atoms with Crippen molar-refractivity contribution in [3.63, 3.8) is 0 Å². The predicted molar refractivity (Wildman–Crippen MR) is 124 cm³/mol. The Morgan fingerprint density at radius 3 is 2.68 bits per heavy atom. The van der Waals surface area contributed by atoms with E-state index in [4.69, 9.17) is 14.5 Å². The highest BCUT2D eigenvalue weighted by molar-refractivity contribution is 14.0. The summed E-state index contributed by atoms with van der Waals surface area (Å²) in [6.07, 6.45) is 3.48. The van der Waals surface area contributed by atoms with E-state index >= 15 is 0 Å². The molecule has 1 aromatic rings. The number of carbonyl (C=O) groups excluding carboxylic acids is 1. The van der Waals surface area contributed by atoms with E-state index in [1.807, 2.05) is 20.8 Å². The van der Waals surface area contributed by atoms with Crippen LogP contribution in [0.2, 0.25) is 0 Å². The lowest BCUT2D eigenvalue weighted by Crippen LogP contribution is -2.39. The predicted octanol–water partition coefficient (Wildman–Crippen LogP) is 3.68. The van der Waals surface area contributed by atoms with Gasteiger partial charge in [-0.3, -0.25) is 4.99 Å². The van der Waals surface area contributed by atoms with Crippen molar-refractivity contribution in [1.82, 2.24) is 15.6 Å². The van der Waals surface area contributed by atoms with Crippen molar-refractivity contribution in [3.05, 3.63) is 15.6 Å². The highest BCUT2D eigenvalue weighted by atomic mass is 127. The Balaban J connectivity index is 0.00000392. The van der Waals surface area contributed by atoms with Crippen LogP contribution in [0.3, 0.4) is 0 Å². The molecular weight excluding hydrogens is 491 g/mol. The molecule has 0 amide bonds. The lowest BCUT2D eigenvalue weighted by Gasteiger charge is -2.18. The molecule has 0 aliphatic heterocycles. The number of guanidine groups is 1. The second-order valence-corrected chi connectivity index (χ2v) is 8.02. The van der Waals surface area contributed by atoms with Gasteiger partial charge in [0.25, 0.3) is 0 Å². The summed E-state index contributed by atoms with van der Waals surface area (Å²) in [6, 6.07) is -0.0520. The number of aryl methyl sites for hydroxylation is 1. The molecule has 1 saturated carbocycles. The maximum atomic E-state index is 12.0. The highest BCUT2D eigenvalue weighted by Crippen LogP contribution is 2.48. The largest absolute Gasteiger partial charge is 0.462 e. The second-order valence-electron chi connectivity index (χ2n) is 6.99. The molecule has 2 N–H and O–H groups in total. The van der Waals surface area contributed by atoms with Crippen LogP contribution in [0, 0.1) is 12.3 Å². The number of nitrogens with zero attached hydrogens (tertiary/aromatic N) is 2. The van der Waals surface area contributed by atoms with E-state index in [1.54, 1.807) is 14.0 Å². The van der Waals surface area contributed by atoms with E-state index in [0.29, 0.717) is 22.6 Å². The maximum absolute atomic E-state index is 12.0. The Morgan fingerprint density at radius 1 is 1.39 bits per heavy atom. The van der Waals surface area contributed by atoms with Gasteiger partial charge in [-0.15, -0.1) is 35.3 Å². The summed E-state index contributed by atoms with van der Waals surface area (Å²) >= 11 is 1.38. The molecule has 1 unspecified atom stereocenters. The molecule has 9 heteroatoms. The van der Waals surface area contributed by atoms with Crippen molar-refractivity contribution in [3.8, 4) is 0 Å². The quantitative estimate of drug-likeness (QED) is 0.210. The van der Waals surface area contributed by atoms with Gasteiger partial charge in [0.1, 0.15) is 9.88 Å². The van der Waals surface area contributed by atoms with Crippen molar-refractivity contribution in [1.29, 1.82) is 0 Å². The zero-order valence-electron chi connectivity index (χ0n) is 17.5. The Labute approximate surface area is 189 Å². The van der Waals surface area contributed by atoms with Gasteiger partial charge in [0, 0.05) is 26.8 Å². The topological polar surface area (TPSA) is 84.8 Å². The van der Waals surface area contributed by atoms with Crippen molar-refractivity contribution in [2.45, 2.75) is 53.0 Å². The summed E-state index contributed by atoms with van der Waals surface area (Å²) in [7, 11) is 1.74. The fourth-order valence-corrected chi connectivity index (χ4v) is 3.77. The molecule has 1 aliphatic carbocycles. The molecule has 0 radical (unpaired) electrons. The minimum Gasteiger partial charge on any atom is -0.462 e. The summed E-state index contributed by atoms with van der Waals surface area (Å²) in [5.74, 6) is 0.472. The monoisotopic (exact) mass is 524 g/mol. The molecule has 0 saturated heterocycles. The normalized spacial score (nSPS) is 16.1. The summed E-state index contributed by atoms with van der Waals surface area (Å²) in [5.41, 5.74) is 1.01. The van der Waals surface area contributed by atoms with Gasteiger partial charge in [0.2, 0.25) is 0 Å². The first-order chi connectivity index (χ1) is 12.9. The van der Waals surface area contributed by atoms with E-state index in [9.17, 15) is 4.79 Å². The Hall–Kier alpha value is -0.940. The van der Waals surface area contributed by atoms with E-state index in [-0.39, 0.29) is 36.0 Å². The molecule has 2 rings (SSSR count). The van der Waals surface area contributed by atoms with Gasteiger partial charge in [-0.25, -0.2) is 9.78 Å². The molecule has 1 aromatic heterocycles. The summed E-state index contributed by atoms with van der Waals surface area (Å²) in [4.78, 5) is 21.9. The van der Waals surface area contributed by atoms with Gasteiger partial charge >= 0.3 is 5.97 Å².